The number of epoxide rings is 1. The molecule has 2 atom stereocenters. The molecule has 0 amide bonds. The van der Waals surface area contributed by atoms with E-state index in [4.69, 9.17) is 9.53 Å². The zero-order valence-corrected chi connectivity index (χ0v) is 5.58. The van der Waals surface area contributed by atoms with Crippen LogP contribution in [0.3, 0.4) is 0 Å². The molecule has 1 aliphatic heterocycles. The van der Waals surface area contributed by atoms with E-state index in [1.807, 2.05) is 6.55 Å². The number of hydrogen-bond acceptors (Lipinski definition) is 2. The van der Waals surface area contributed by atoms with Crippen LogP contribution in [0.5, 0.6) is 0 Å². The summed E-state index contributed by atoms with van der Waals surface area (Å²) in [6, 6.07) is 0.944. The Kier molecular flexibility index (Phi) is 1.46. The minimum Gasteiger partial charge on any atom is -0.435 e. The highest BCUT2D eigenvalue weighted by Gasteiger charge is 2.24. The Morgan fingerprint density at radius 2 is 2.57 bits per heavy atom. The van der Waals surface area contributed by atoms with E-state index >= 15 is 0 Å². The summed E-state index contributed by atoms with van der Waals surface area (Å²) in [6.45, 7) is 2.81. The van der Waals surface area contributed by atoms with Crippen LogP contribution in [0.15, 0.2) is 0 Å². The topological polar surface area (TPSA) is 32.8 Å². The van der Waals surface area contributed by atoms with Crippen molar-refractivity contribution in [2.75, 3.05) is 6.61 Å². The maximum absolute atomic E-state index is 8.82. The number of rotatable bonds is 2. The standard InChI is InChI=1S/C4H10O2Si/c1-7(5)3-4-2-6-4/h4-5,7H,2-3H2,1H3. The van der Waals surface area contributed by atoms with Crippen molar-refractivity contribution in [1.29, 1.82) is 0 Å². The van der Waals surface area contributed by atoms with Crippen molar-refractivity contribution in [3.8, 4) is 0 Å². The lowest BCUT2D eigenvalue weighted by atomic mass is 10.6. The van der Waals surface area contributed by atoms with Gasteiger partial charge in [-0.05, 0) is 12.6 Å². The highest BCUT2D eigenvalue weighted by atomic mass is 28.3. The Morgan fingerprint density at radius 1 is 2.00 bits per heavy atom. The Balaban J connectivity index is 1.97. The molecule has 0 radical (unpaired) electrons. The molecule has 42 valence electrons. The van der Waals surface area contributed by atoms with E-state index in [2.05, 4.69) is 0 Å². The molecule has 2 nitrogen and oxygen atoms in total. The normalized spacial score (nSPS) is 32.6. The lowest BCUT2D eigenvalue weighted by Crippen LogP contribution is -2.07. The minimum absolute atomic E-state index is 0.437. The first kappa shape index (κ1) is 5.28. The molecule has 3 heteroatoms. The van der Waals surface area contributed by atoms with Crippen LogP contribution < -0.4 is 0 Å². The fourth-order valence-corrected chi connectivity index (χ4v) is 1.62. The van der Waals surface area contributed by atoms with Crippen molar-refractivity contribution < 1.29 is 9.53 Å². The first-order valence-corrected chi connectivity index (χ1v) is 5.07. The first-order valence-electron chi connectivity index (χ1n) is 2.58. The largest absolute Gasteiger partial charge is 0.435 e. The van der Waals surface area contributed by atoms with Gasteiger partial charge in [0.15, 0.2) is 9.04 Å². The lowest BCUT2D eigenvalue weighted by Gasteiger charge is -1.92. The molecule has 1 saturated heterocycles. The highest BCUT2D eigenvalue weighted by molar-refractivity contribution is 6.48. The van der Waals surface area contributed by atoms with Crippen molar-refractivity contribution >= 4 is 9.04 Å². The molecule has 0 saturated carbocycles. The third-order valence-corrected chi connectivity index (χ3v) is 2.21. The van der Waals surface area contributed by atoms with E-state index < -0.39 is 9.04 Å². The van der Waals surface area contributed by atoms with Gasteiger partial charge in [0.1, 0.15) is 0 Å². The molecular formula is C4H10O2Si. The summed E-state index contributed by atoms with van der Waals surface area (Å²) in [5.41, 5.74) is 0. The minimum atomic E-state index is -1.29. The van der Waals surface area contributed by atoms with Gasteiger partial charge in [-0.2, -0.15) is 0 Å². The summed E-state index contributed by atoms with van der Waals surface area (Å²) in [6.07, 6.45) is 0.437. The van der Waals surface area contributed by atoms with Crippen LogP contribution in [0.2, 0.25) is 12.6 Å². The monoisotopic (exact) mass is 118 g/mol. The van der Waals surface area contributed by atoms with Gasteiger partial charge in [0.25, 0.3) is 0 Å². The molecule has 0 aliphatic carbocycles. The number of ether oxygens (including phenoxy) is 1. The zero-order chi connectivity index (χ0) is 5.28. The van der Waals surface area contributed by atoms with Gasteiger partial charge in [0.2, 0.25) is 0 Å². The predicted molar refractivity (Wildman–Crippen MR) is 29.8 cm³/mol. The quantitative estimate of drug-likeness (QED) is 0.400. The molecule has 1 aliphatic rings. The summed E-state index contributed by atoms with van der Waals surface area (Å²) in [5, 5.41) is 0. The van der Waals surface area contributed by atoms with E-state index in [9.17, 15) is 0 Å². The molecule has 0 aromatic heterocycles. The van der Waals surface area contributed by atoms with Crippen LogP contribution in [0.4, 0.5) is 0 Å². The van der Waals surface area contributed by atoms with E-state index in [-0.39, 0.29) is 0 Å². The Labute approximate surface area is 44.8 Å². The van der Waals surface area contributed by atoms with Crippen molar-refractivity contribution in [2.45, 2.75) is 18.7 Å². The van der Waals surface area contributed by atoms with Crippen molar-refractivity contribution in [3.63, 3.8) is 0 Å². The molecule has 1 N–H and O–H groups in total. The Bertz CT molecular complexity index is 60.7. The van der Waals surface area contributed by atoms with Gasteiger partial charge in [-0.1, -0.05) is 0 Å². The molecule has 1 rings (SSSR count). The zero-order valence-electron chi connectivity index (χ0n) is 4.42. The van der Waals surface area contributed by atoms with Gasteiger partial charge in [0.05, 0.1) is 12.7 Å². The summed E-state index contributed by atoms with van der Waals surface area (Å²) < 4.78 is 4.89. The second-order valence-electron chi connectivity index (χ2n) is 2.04. The molecule has 1 fully saturated rings. The van der Waals surface area contributed by atoms with Gasteiger partial charge in [0, 0.05) is 0 Å². The fraction of sp³-hybridized carbons (Fsp3) is 1.00. The smallest absolute Gasteiger partial charge is 0.172 e. The maximum Gasteiger partial charge on any atom is 0.172 e. The van der Waals surface area contributed by atoms with Crippen LogP contribution in [0.1, 0.15) is 0 Å². The third kappa shape index (κ3) is 2.06. The molecule has 0 spiro atoms. The molecule has 0 aromatic rings. The average Bonchev–Trinajstić information content (AvgIpc) is 2.17. The van der Waals surface area contributed by atoms with Gasteiger partial charge >= 0.3 is 0 Å². The lowest BCUT2D eigenvalue weighted by molar-refractivity contribution is 0.416. The fourth-order valence-electron chi connectivity index (χ4n) is 0.585. The third-order valence-electron chi connectivity index (χ3n) is 1.01. The average molecular weight is 118 g/mol. The second kappa shape index (κ2) is 1.94. The van der Waals surface area contributed by atoms with Crippen LogP contribution in [0.25, 0.3) is 0 Å². The summed E-state index contributed by atoms with van der Waals surface area (Å²) in [7, 11) is -1.29. The summed E-state index contributed by atoms with van der Waals surface area (Å²) in [4.78, 5) is 8.82. The van der Waals surface area contributed by atoms with Gasteiger partial charge < -0.3 is 9.53 Å². The van der Waals surface area contributed by atoms with Gasteiger partial charge in [-0.3, -0.25) is 0 Å². The Morgan fingerprint density at radius 3 is 2.71 bits per heavy atom. The first-order chi connectivity index (χ1) is 3.29. The van der Waals surface area contributed by atoms with Crippen LogP contribution in [0, 0.1) is 0 Å². The number of hydrogen-bond donors (Lipinski definition) is 1. The molecular weight excluding hydrogens is 108 g/mol. The van der Waals surface area contributed by atoms with E-state index in [0.717, 1.165) is 12.7 Å². The van der Waals surface area contributed by atoms with Crippen molar-refractivity contribution in [1.82, 2.24) is 0 Å². The van der Waals surface area contributed by atoms with Crippen molar-refractivity contribution in [2.24, 2.45) is 0 Å². The van der Waals surface area contributed by atoms with Crippen LogP contribution >= 0.6 is 0 Å². The SMILES string of the molecule is C[SiH](O)CC1CO1. The van der Waals surface area contributed by atoms with Gasteiger partial charge in [-0.25, -0.2) is 0 Å². The van der Waals surface area contributed by atoms with E-state index in [1.165, 1.54) is 0 Å². The van der Waals surface area contributed by atoms with E-state index in [0.29, 0.717) is 6.10 Å². The highest BCUT2D eigenvalue weighted by Crippen LogP contribution is 2.14. The maximum atomic E-state index is 8.82. The summed E-state index contributed by atoms with van der Waals surface area (Å²) >= 11 is 0. The van der Waals surface area contributed by atoms with Crippen molar-refractivity contribution in [3.05, 3.63) is 0 Å². The summed E-state index contributed by atoms with van der Waals surface area (Å²) in [5.74, 6) is 0. The second-order valence-corrected chi connectivity index (χ2v) is 4.21. The van der Waals surface area contributed by atoms with Crippen LogP contribution in [-0.4, -0.2) is 26.5 Å². The van der Waals surface area contributed by atoms with E-state index in [1.54, 1.807) is 0 Å². The van der Waals surface area contributed by atoms with Crippen LogP contribution in [-0.2, 0) is 4.74 Å². The molecule has 0 bridgehead atoms. The van der Waals surface area contributed by atoms with Gasteiger partial charge in [-0.15, -0.1) is 0 Å². The molecule has 7 heavy (non-hydrogen) atoms. The predicted octanol–water partition coefficient (Wildman–Crippen LogP) is -0.269. The molecule has 0 aromatic carbocycles. The Hall–Kier alpha value is 0.137. The molecule has 1 heterocycles. The molecule has 2 unspecified atom stereocenters.